The summed E-state index contributed by atoms with van der Waals surface area (Å²) in [6.07, 6.45) is 2.46. The quantitative estimate of drug-likeness (QED) is 0.887. The van der Waals surface area contributed by atoms with E-state index in [9.17, 15) is 0 Å². The van der Waals surface area contributed by atoms with Crippen LogP contribution in [0.3, 0.4) is 0 Å². The fraction of sp³-hybridized carbons (Fsp3) is 0.417. The Balaban J connectivity index is 1.88. The molecule has 0 aliphatic carbocycles. The molecule has 2 N–H and O–H groups in total. The van der Waals surface area contributed by atoms with Crippen molar-refractivity contribution in [1.82, 2.24) is 15.5 Å². The van der Waals surface area contributed by atoms with E-state index < -0.39 is 0 Å². The molecule has 16 heavy (non-hydrogen) atoms. The number of aromatic nitrogens is 2. The zero-order valence-electron chi connectivity index (χ0n) is 8.96. The van der Waals surface area contributed by atoms with Crippen LogP contribution in [0.2, 0.25) is 0 Å². The second-order valence-electron chi connectivity index (χ2n) is 4.45. The number of fused-ring (bicyclic) bond motifs is 1. The van der Waals surface area contributed by atoms with Gasteiger partial charge in [0, 0.05) is 5.39 Å². The Hall–Kier alpha value is -0.870. The summed E-state index contributed by atoms with van der Waals surface area (Å²) in [6, 6.07) is 6.52. The van der Waals surface area contributed by atoms with Gasteiger partial charge < -0.3 is 5.32 Å². The number of halogens is 1. The van der Waals surface area contributed by atoms with Gasteiger partial charge in [0.2, 0.25) is 0 Å². The molecule has 1 aliphatic heterocycles. The molecule has 1 unspecified atom stereocenters. The lowest BCUT2D eigenvalue weighted by Crippen LogP contribution is -2.10. The van der Waals surface area contributed by atoms with Crippen molar-refractivity contribution < 1.29 is 0 Å². The highest BCUT2D eigenvalue weighted by atomic mass is 79.9. The van der Waals surface area contributed by atoms with E-state index in [0.717, 1.165) is 22.6 Å². The lowest BCUT2D eigenvalue weighted by Gasteiger charge is -2.07. The molecular weight excluding hydrogens is 266 g/mol. The number of hydrogen-bond acceptors (Lipinski definition) is 2. The van der Waals surface area contributed by atoms with Gasteiger partial charge in [-0.2, -0.15) is 5.10 Å². The van der Waals surface area contributed by atoms with Crippen LogP contribution < -0.4 is 5.32 Å². The van der Waals surface area contributed by atoms with E-state index in [-0.39, 0.29) is 0 Å². The number of nitrogens with zero attached hydrogens (tertiary/aromatic N) is 1. The number of hydrogen-bond donors (Lipinski definition) is 2. The second kappa shape index (κ2) is 4.18. The summed E-state index contributed by atoms with van der Waals surface area (Å²) in [4.78, 5) is 0. The Morgan fingerprint density at radius 1 is 1.44 bits per heavy atom. The minimum absolute atomic E-state index is 0.795. The van der Waals surface area contributed by atoms with Gasteiger partial charge in [-0.25, -0.2) is 0 Å². The molecule has 0 bridgehead atoms. The average molecular weight is 280 g/mol. The first-order valence-corrected chi connectivity index (χ1v) is 6.45. The molecule has 1 saturated heterocycles. The summed E-state index contributed by atoms with van der Waals surface area (Å²) in [5.74, 6) is 0.795. The van der Waals surface area contributed by atoms with E-state index in [0.29, 0.717) is 0 Å². The predicted octanol–water partition coefficient (Wildman–Crippen LogP) is 2.48. The summed E-state index contributed by atoms with van der Waals surface area (Å²) in [5.41, 5.74) is 2.43. The Labute approximate surface area is 103 Å². The minimum atomic E-state index is 0.795. The second-order valence-corrected chi connectivity index (χ2v) is 5.25. The molecule has 0 saturated carbocycles. The fourth-order valence-corrected chi connectivity index (χ4v) is 2.78. The third kappa shape index (κ3) is 1.87. The van der Waals surface area contributed by atoms with Crippen molar-refractivity contribution in [2.75, 3.05) is 13.1 Å². The van der Waals surface area contributed by atoms with Crippen LogP contribution >= 0.6 is 15.9 Å². The standard InChI is InChI=1S/C12H14BrN3/c13-12-10-6-8(1-2-11(10)15-16-12)5-9-3-4-14-7-9/h1-2,6,9,14H,3-5,7H2,(H,15,16). The van der Waals surface area contributed by atoms with Crippen molar-refractivity contribution >= 4 is 26.8 Å². The van der Waals surface area contributed by atoms with Crippen LogP contribution in [0.4, 0.5) is 0 Å². The van der Waals surface area contributed by atoms with Gasteiger partial charge in [-0.3, -0.25) is 5.10 Å². The van der Waals surface area contributed by atoms with Crippen molar-refractivity contribution in [3.63, 3.8) is 0 Å². The van der Waals surface area contributed by atoms with E-state index in [1.54, 1.807) is 0 Å². The summed E-state index contributed by atoms with van der Waals surface area (Å²) in [5, 5.41) is 11.8. The normalized spacial score (nSPS) is 20.7. The summed E-state index contributed by atoms with van der Waals surface area (Å²) in [7, 11) is 0. The third-order valence-electron chi connectivity index (χ3n) is 3.26. The highest BCUT2D eigenvalue weighted by molar-refractivity contribution is 9.10. The van der Waals surface area contributed by atoms with Crippen LogP contribution in [0, 0.1) is 5.92 Å². The van der Waals surface area contributed by atoms with Crippen molar-refractivity contribution in [3.05, 3.63) is 28.4 Å². The average Bonchev–Trinajstić information content (AvgIpc) is 2.90. The number of H-pyrrole nitrogens is 1. The number of nitrogens with one attached hydrogen (secondary N) is 2. The molecule has 1 aliphatic rings. The maximum atomic E-state index is 4.21. The molecule has 0 radical (unpaired) electrons. The Morgan fingerprint density at radius 2 is 2.38 bits per heavy atom. The van der Waals surface area contributed by atoms with E-state index in [1.165, 1.54) is 30.3 Å². The van der Waals surface area contributed by atoms with Crippen LogP contribution in [-0.2, 0) is 6.42 Å². The van der Waals surface area contributed by atoms with E-state index in [2.05, 4.69) is 49.6 Å². The Bertz CT molecular complexity index is 500. The van der Waals surface area contributed by atoms with Crippen LogP contribution in [-0.4, -0.2) is 23.3 Å². The predicted molar refractivity (Wildman–Crippen MR) is 68.5 cm³/mol. The molecule has 0 amide bonds. The first-order chi connectivity index (χ1) is 7.83. The zero-order valence-corrected chi connectivity index (χ0v) is 10.5. The van der Waals surface area contributed by atoms with Gasteiger partial charge in [0.25, 0.3) is 0 Å². The summed E-state index contributed by atoms with van der Waals surface area (Å²) >= 11 is 3.48. The van der Waals surface area contributed by atoms with Crippen molar-refractivity contribution in [2.45, 2.75) is 12.8 Å². The minimum Gasteiger partial charge on any atom is -0.316 e. The maximum Gasteiger partial charge on any atom is 0.108 e. The lowest BCUT2D eigenvalue weighted by molar-refractivity contribution is 0.580. The Kier molecular flexibility index (Phi) is 2.69. The Morgan fingerprint density at radius 3 is 3.19 bits per heavy atom. The van der Waals surface area contributed by atoms with Crippen LogP contribution in [0.15, 0.2) is 22.8 Å². The molecule has 4 heteroatoms. The highest BCUT2D eigenvalue weighted by Crippen LogP contribution is 2.24. The van der Waals surface area contributed by atoms with Crippen LogP contribution in [0.25, 0.3) is 10.9 Å². The van der Waals surface area contributed by atoms with Gasteiger partial charge in [0.1, 0.15) is 4.60 Å². The molecule has 1 aromatic carbocycles. The zero-order chi connectivity index (χ0) is 11.0. The maximum absolute atomic E-state index is 4.21. The molecule has 84 valence electrons. The molecule has 3 rings (SSSR count). The monoisotopic (exact) mass is 279 g/mol. The van der Waals surface area contributed by atoms with Crippen LogP contribution in [0.1, 0.15) is 12.0 Å². The van der Waals surface area contributed by atoms with E-state index >= 15 is 0 Å². The molecule has 1 fully saturated rings. The number of rotatable bonds is 2. The molecule has 0 spiro atoms. The van der Waals surface area contributed by atoms with Crippen LogP contribution in [0.5, 0.6) is 0 Å². The SMILES string of the molecule is Brc1[nH]nc2ccc(CC3CCNC3)cc12. The highest BCUT2D eigenvalue weighted by Gasteiger charge is 2.15. The smallest absolute Gasteiger partial charge is 0.108 e. The van der Waals surface area contributed by atoms with Crippen molar-refractivity contribution in [1.29, 1.82) is 0 Å². The number of aromatic amines is 1. The molecular formula is C12H14BrN3. The first kappa shape index (κ1) is 10.3. The van der Waals surface area contributed by atoms with Gasteiger partial charge in [-0.1, -0.05) is 6.07 Å². The fourth-order valence-electron chi connectivity index (χ4n) is 2.37. The third-order valence-corrected chi connectivity index (χ3v) is 3.86. The van der Waals surface area contributed by atoms with Crippen molar-refractivity contribution in [2.24, 2.45) is 5.92 Å². The molecule has 1 aromatic heterocycles. The van der Waals surface area contributed by atoms with E-state index in [4.69, 9.17) is 0 Å². The van der Waals surface area contributed by atoms with Gasteiger partial charge in [-0.05, 0) is 65.5 Å². The van der Waals surface area contributed by atoms with Gasteiger partial charge in [-0.15, -0.1) is 0 Å². The topological polar surface area (TPSA) is 40.7 Å². The molecule has 3 nitrogen and oxygen atoms in total. The van der Waals surface area contributed by atoms with Crippen molar-refractivity contribution in [3.8, 4) is 0 Å². The summed E-state index contributed by atoms with van der Waals surface area (Å²) in [6.45, 7) is 2.33. The lowest BCUT2D eigenvalue weighted by atomic mass is 9.98. The van der Waals surface area contributed by atoms with E-state index in [1.807, 2.05) is 0 Å². The largest absolute Gasteiger partial charge is 0.316 e. The van der Waals surface area contributed by atoms with Gasteiger partial charge in [0.05, 0.1) is 5.52 Å². The summed E-state index contributed by atoms with van der Waals surface area (Å²) < 4.78 is 0.980. The molecule has 2 heterocycles. The number of benzene rings is 1. The molecule has 1 atom stereocenters. The van der Waals surface area contributed by atoms with Gasteiger partial charge >= 0.3 is 0 Å². The molecule has 2 aromatic rings. The van der Waals surface area contributed by atoms with Gasteiger partial charge in [0.15, 0.2) is 0 Å². The first-order valence-electron chi connectivity index (χ1n) is 5.66.